The van der Waals surface area contributed by atoms with Gasteiger partial charge < -0.3 is 20.3 Å². The highest BCUT2D eigenvalue weighted by atomic mass is 35.5. The highest BCUT2D eigenvalue weighted by Crippen LogP contribution is 2.31. The molecule has 4 heterocycles. The Morgan fingerprint density at radius 3 is 1.49 bits per heavy atom. The Balaban J connectivity index is 0.000000194. The van der Waals surface area contributed by atoms with Crippen LogP contribution in [0.3, 0.4) is 0 Å². The molecule has 2 fully saturated rings. The molecule has 4 aromatic carbocycles. The highest BCUT2D eigenvalue weighted by molar-refractivity contribution is 7.91. The molecule has 19 heteroatoms. The fourth-order valence-corrected chi connectivity index (χ4v) is 13.2. The summed E-state index contributed by atoms with van der Waals surface area (Å²) in [6.45, 7) is 5.62. The number of halogens is 2. The molecule has 2 aliphatic rings. The number of benzene rings is 4. The van der Waals surface area contributed by atoms with E-state index in [0.717, 1.165) is 27.7 Å². The lowest BCUT2D eigenvalue weighted by atomic mass is 10.2. The Labute approximate surface area is 398 Å². The van der Waals surface area contributed by atoms with Crippen LogP contribution in [-0.2, 0) is 39.7 Å². The lowest BCUT2D eigenvalue weighted by molar-refractivity contribution is 0.0943. The Hall–Kier alpha value is -4.82. The highest BCUT2D eigenvalue weighted by Gasteiger charge is 2.32. The number of hydrogen-bond donors (Lipinski definition) is 2. The van der Waals surface area contributed by atoms with Crippen LogP contribution in [-0.4, -0.2) is 102 Å². The summed E-state index contributed by atoms with van der Waals surface area (Å²) in [5, 5.41) is 6.76. The van der Waals surface area contributed by atoms with Crippen LogP contribution in [0.4, 0.5) is 5.69 Å². The molecule has 2 aromatic heterocycles. The van der Waals surface area contributed by atoms with Gasteiger partial charge in [-0.1, -0.05) is 65.7 Å². The summed E-state index contributed by atoms with van der Waals surface area (Å²) in [4.78, 5) is 30.5. The first-order valence-corrected chi connectivity index (χ1v) is 26.0. The van der Waals surface area contributed by atoms with Crippen molar-refractivity contribution in [2.75, 3.05) is 64.4 Å². The van der Waals surface area contributed by atoms with Crippen molar-refractivity contribution >= 4 is 83.4 Å². The Morgan fingerprint density at radius 2 is 1.02 bits per heavy atom. The standard InChI is InChI=1S/C23H24ClN3O4S2.C23H24ClN3O3S2/c1-31-21-5-3-2-4-20(21)26-12-14-27(15-13-26)33(29,30)22-11-10-19(32-22)16-25-23(28)17-6-8-18(24)9-7-17;24-20-8-6-19(7-9-20)23(28)25-16-21-10-11-22(31-21)32(29,30)27-14-12-26(13-15-27)17-18-4-2-1-3-5-18/h2-11H,12-16H2,1H3,(H,25,28);1-11H,12-17H2,(H,25,28). The number of hydrogen-bond acceptors (Lipinski definition) is 11. The van der Waals surface area contributed by atoms with Crippen molar-refractivity contribution in [2.24, 2.45) is 0 Å². The normalized spacial score (nSPS) is 15.2. The third-order valence-electron chi connectivity index (χ3n) is 10.8. The van der Waals surface area contributed by atoms with Gasteiger partial charge in [-0.3, -0.25) is 14.5 Å². The lowest BCUT2D eigenvalue weighted by Crippen LogP contribution is -2.48. The monoisotopic (exact) mass is 994 g/mol. The minimum absolute atomic E-state index is 0.228. The van der Waals surface area contributed by atoms with Crippen molar-refractivity contribution in [3.05, 3.63) is 164 Å². The van der Waals surface area contributed by atoms with E-state index in [9.17, 15) is 26.4 Å². The molecule has 8 rings (SSSR count). The van der Waals surface area contributed by atoms with Crippen LogP contribution < -0.4 is 20.3 Å². The fourth-order valence-electron chi connectivity index (χ4n) is 7.21. The predicted molar refractivity (Wildman–Crippen MR) is 258 cm³/mol. The molecule has 2 aliphatic heterocycles. The van der Waals surface area contributed by atoms with Crippen LogP contribution in [0.2, 0.25) is 10.0 Å². The van der Waals surface area contributed by atoms with E-state index >= 15 is 0 Å². The van der Waals surface area contributed by atoms with Gasteiger partial charge in [-0.25, -0.2) is 16.8 Å². The molecule has 2 N–H and O–H groups in total. The maximum absolute atomic E-state index is 13.2. The van der Waals surface area contributed by atoms with Crippen molar-refractivity contribution in [1.82, 2.24) is 24.1 Å². The Kier molecular flexibility index (Phi) is 16.4. The number of carbonyl (C=O) groups excluding carboxylic acids is 2. The van der Waals surface area contributed by atoms with Gasteiger partial charge in [0.05, 0.1) is 25.9 Å². The molecule has 13 nitrogen and oxygen atoms in total. The summed E-state index contributed by atoms with van der Waals surface area (Å²) < 4.78 is 61.5. The molecule has 2 amide bonds. The number of piperazine rings is 2. The van der Waals surface area contributed by atoms with Gasteiger partial charge in [0.1, 0.15) is 14.2 Å². The van der Waals surface area contributed by atoms with Crippen LogP contribution in [0.1, 0.15) is 36.0 Å². The van der Waals surface area contributed by atoms with Crippen LogP contribution in [0.5, 0.6) is 5.75 Å². The van der Waals surface area contributed by atoms with Crippen molar-refractivity contribution in [3.8, 4) is 5.75 Å². The van der Waals surface area contributed by atoms with Crippen molar-refractivity contribution in [1.29, 1.82) is 0 Å². The minimum Gasteiger partial charge on any atom is -0.495 e. The number of sulfonamides is 2. The van der Waals surface area contributed by atoms with Gasteiger partial charge in [0, 0.05) is 89.8 Å². The first-order chi connectivity index (χ1) is 31.3. The van der Waals surface area contributed by atoms with Gasteiger partial charge in [-0.05, 0) is 90.5 Å². The van der Waals surface area contributed by atoms with Crippen LogP contribution in [0.25, 0.3) is 0 Å². The van der Waals surface area contributed by atoms with E-state index in [0.29, 0.717) is 77.7 Å². The number of carbonyl (C=O) groups is 2. The van der Waals surface area contributed by atoms with Gasteiger partial charge >= 0.3 is 0 Å². The SMILES string of the molecule is COc1ccccc1N1CCN(S(=O)(=O)c2ccc(CNC(=O)c3ccc(Cl)cc3)s2)CC1.O=C(NCc1ccc(S(=O)(=O)N2CCN(Cc3ccccc3)CC2)s1)c1ccc(Cl)cc1. The van der Waals surface area contributed by atoms with E-state index in [-0.39, 0.29) is 29.1 Å². The molecule has 6 aromatic rings. The maximum atomic E-state index is 13.2. The molecule has 65 heavy (non-hydrogen) atoms. The van der Waals surface area contributed by atoms with Gasteiger partial charge in [-0.2, -0.15) is 8.61 Å². The zero-order valence-electron chi connectivity index (χ0n) is 35.4. The Morgan fingerprint density at radius 1 is 0.569 bits per heavy atom. The predicted octanol–water partition coefficient (Wildman–Crippen LogP) is 7.69. The molecule has 0 bridgehead atoms. The zero-order valence-corrected chi connectivity index (χ0v) is 40.2. The molecule has 0 aliphatic carbocycles. The van der Waals surface area contributed by atoms with Gasteiger partial charge in [0.15, 0.2) is 0 Å². The van der Waals surface area contributed by atoms with E-state index in [1.165, 1.54) is 32.5 Å². The van der Waals surface area contributed by atoms with Crippen molar-refractivity contribution in [3.63, 3.8) is 0 Å². The molecule has 0 saturated carbocycles. The quantitative estimate of drug-likeness (QED) is 0.112. The minimum atomic E-state index is -3.59. The third-order valence-corrected chi connectivity index (χ3v) is 18.2. The van der Waals surface area contributed by atoms with E-state index in [1.54, 1.807) is 84.2 Å². The number of nitrogens with one attached hydrogen (secondary N) is 2. The molecule has 0 unspecified atom stereocenters. The molecular weight excluding hydrogens is 948 g/mol. The van der Waals surface area contributed by atoms with Gasteiger partial charge in [-0.15, -0.1) is 22.7 Å². The van der Waals surface area contributed by atoms with Crippen molar-refractivity contribution < 1.29 is 31.2 Å². The third kappa shape index (κ3) is 12.5. The van der Waals surface area contributed by atoms with E-state index < -0.39 is 20.0 Å². The molecule has 342 valence electrons. The first-order valence-electron chi connectivity index (χ1n) is 20.7. The summed E-state index contributed by atoms with van der Waals surface area (Å²) in [5.74, 6) is 0.309. The first kappa shape index (κ1) is 48.1. The van der Waals surface area contributed by atoms with Crippen molar-refractivity contribution in [2.45, 2.75) is 28.1 Å². The van der Waals surface area contributed by atoms with Crippen LogP contribution in [0, 0.1) is 0 Å². The second-order valence-corrected chi connectivity index (χ2v) is 22.6. The summed E-state index contributed by atoms with van der Waals surface area (Å²) in [5.41, 5.74) is 3.20. The van der Waals surface area contributed by atoms with E-state index in [4.69, 9.17) is 27.9 Å². The number of methoxy groups -OCH3 is 1. The largest absolute Gasteiger partial charge is 0.495 e. The zero-order chi connectivity index (χ0) is 46.0. The number of ether oxygens (including phenoxy) is 1. The number of thiophene rings is 2. The average Bonchev–Trinajstić information content (AvgIpc) is 4.03. The smallest absolute Gasteiger partial charge is 0.252 e. The molecule has 2 saturated heterocycles. The number of nitrogens with zero attached hydrogens (tertiary/aromatic N) is 4. The summed E-state index contributed by atoms with van der Waals surface area (Å²) in [6, 6.07) is 37.9. The van der Waals surface area contributed by atoms with E-state index in [2.05, 4.69) is 32.6 Å². The second-order valence-electron chi connectivity index (χ2n) is 15.0. The second kappa shape index (κ2) is 22.1. The van der Waals surface area contributed by atoms with Gasteiger partial charge in [0.2, 0.25) is 0 Å². The number of anilines is 1. The average molecular weight is 996 g/mol. The number of amides is 2. The topological polar surface area (TPSA) is 149 Å². The number of rotatable bonds is 14. The molecular formula is C46H48Cl2N6O7S4. The molecule has 0 spiro atoms. The molecule has 0 radical (unpaired) electrons. The van der Waals surface area contributed by atoms with E-state index in [1.807, 2.05) is 42.5 Å². The van der Waals surface area contributed by atoms with Gasteiger partial charge in [0.25, 0.3) is 31.9 Å². The number of para-hydroxylation sites is 2. The molecule has 0 atom stereocenters. The lowest BCUT2D eigenvalue weighted by Gasteiger charge is -2.35. The fraction of sp³-hybridized carbons (Fsp3) is 0.261. The summed E-state index contributed by atoms with van der Waals surface area (Å²) in [6.07, 6.45) is 0. The summed E-state index contributed by atoms with van der Waals surface area (Å²) >= 11 is 14.1. The Bertz CT molecular complexity index is 2760. The van der Waals surface area contributed by atoms with Crippen LogP contribution >= 0.6 is 45.9 Å². The maximum Gasteiger partial charge on any atom is 0.252 e. The summed E-state index contributed by atoms with van der Waals surface area (Å²) in [7, 11) is -5.50. The van der Waals surface area contributed by atoms with Crippen LogP contribution in [0.15, 0.2) is 136 Å².